The molecule has 0 fully saturated rings. The Morgan fingerprint density at radius 2 is 2.25 bits per heavy atom. The zero-order chi connectivity index (χ0) is 9.56. The van der Waals surface area contributed by atoms with Crippen molar-refractivity contribution in [3.63, 3.8) is 0 Å². The Bertz CT molecular complexity index is 143. The summed E-state index contributed by atoms with van der Waals surface area (Å²) in [5.41, 5.74) is 10.5. The van der Waals surface area contributed by atoms with E-state index in [-0.39, 0.29) is 0 Å². The van der Waals surface area contributed by atoms with E-state index in [0.29, 0.717) is 6.54 Å². The van der Waals surface area contributed by atoms with Crippen LogP contribution in [-0.4, -0.2) is 49.0 Å². The predicted octanol–water partition coefficient (Wildman–Crippen LogP) is -0.906. The predicted molar refractivity (Wildman–Crippen MR) is 53.0 cm³/mol. The van der Waals surface area contributed by atoms with Crippen molar-refractivity contribution in [2.24, 2.45) is 11.5 Å². The van der Waals surface area contributed by atoms with Crippen LogP contribution < -0.4 is 11.5 Å². The third kappa shape index (κ3) is 5.40. The molecule has 0 rings (SSSR count). The minimum Gasteiger partial charge on any atom is -0.368 e. The van der Waals surface area contributed by atoms with E-state index in [1.807, 2.05) is 18.2 Å². The Morgan fingerprint density at radius 3 is 2.67 bits per heavy atom. The maximum Gasteiger partial charge on any atom is 0.235 e. The van der Waals surface area contributed by atoms with Crippen LogP contribution >= 0.6 is 11.8 Å². The molecule has 0 aromatic carbocycles. The van der Waals surface area contributed by atoms with E-state index in [1.165, 1.54) is 0 Å². The second-order valence-electron chi connectivity index (χ2n) is 2.76. The lowest BCUT2D eigenvalue weighted by Crippen LogP contribution is -2.45. The summed E-state index contributed by atoms with van der Waals surface area (Å²) in [4.78, 5) is 12.6. The van der Waals surface area contributed by atoms with Crippen molar-refractivity contribution in [2.75, 3.05) is 32.1 Å². The average Bonchev–Trinajstić information content (AvgIpc) is 2.00. The number of hydrogen-bond donors (Lipinski definition) is 2. The maximum absolute atomic E-state index is 10.6. The van der Waals surface area contributed by atoms with E-state index in [1.54, 1.807) is 11.8 Å². The minimum atomic E-state index is -0.545. The molecule has 72 valence electrons. The van der Waals surface area contributed by atoms with E-state index in [4.69, 9.17) is 11.5 Å². The number of primary amides is 1. The number of nitrogens with zero attached hydrogens (tertiary/aromatic N) is 1. The molecular formula is C7H17N3OS. The molecular weight excluding hydrogens is 174 g/mol. The fourth-order valence-corrected chi connectivity index (χ4v) is 1.26. The van der Waals surface area contributed by atoms with Crippen molar-refractivity contribution in [2.45, 2.75) is 6.04 Å². The molecule has 0 aliphatic rings. The van der Waals surface area contributed by atoms with Crippen LogP contribution in [0.5, 0.6) is 0 Å². The first-order valence-corrected chi connectivity index (χ1v) is 5.19. The number of rotatable bonds is 6. The zero-order valence-electron chi connectivity index (χ0n) is 7.62. The fourth-order valence-electron chi connectivity index (χ4n) is 0.764. The van der Waals surface area contributed by atoms with Gasteiger partial charge in [-0.15, -0.1) is 0 Å². The van der Waals surface area contributed by atoms with Crippen LogP contribution in [0.4, 0.5) is 0 Å². The standard InChI is InChI=1S/C7H17N3OS/c1-10(3-4-12-2)5-6(8)7(9)11/h6H,3-5,8H2,1-2H3,(H2,9,11). The van der Waals surface area contributed by atoms with Crippen LogP contribution in [0.15, 0.2) is 0 Å². The zero-order valence-corrected chi connectivity index (χ0v) is 8.43. The van der Waals surface area contributed by atoms with Gasteiger partial charge in [0, 0.05) is 18.8 Å². The number of nitrogens with two attached hydrogens (primary N) is 2. The molecule has 1 amide bonds. The van der Waals surface area contributed by atoms with Crippen LogP contribution in [0, 0.1) is 0 Å². The Labute approximate surface area is 77.7 Å². The van der Waals surface area contributed by atoms with Gasteiger partial charge < -0.3 is 16.4 Å². The summed E-state index contributed by atoms with van der Waals surface area (Å²) in [5, 5.41) is 0. The first-order valence-electron chi connectivity index (χ1n) is 3.80. The van der Waals surface area contributed by atoms with Gasteiger partial charge in [-0.3, -0.25) is 4.79 Å². The normalized spacial score (nSPS) is 13.3. The summed E-state index contributed by atoms with van der Waals surface area (Å²) in [7, 11) is 1.93. The van der Waals surface area contributed by atoms with Crippen molar-refractivity contribution in [1.82, 2.24) is 4.90 Å². The molecule has 0 aliphatic carbocycles. The Balaban J connectivity index is 3.53. The van der Waals surface area contributed by atoms with Crippen LogP contribution in [0.3, 0.4) is 0 Å². The summed E-state index contributed by atoms with van der Waals surface area (Å²) in [6, 6.07) is -0.545. The molecule has 12 heavy (non-hydrogen) atoms. The number of hydrogen-bond acceptors (Lipinski definition) is 4. The molecule has 0 heterocycles. The van der Waals surface area contributed by atoms with Gasteiger partial charge in [-0.2, -0.15) is 11.8 Å². The van der Waals surface area contributed by atoms with Crippen LogP contribution in [0.2, 0.25) is 0 Å². The van der Waals surface area contributed by atoms with Gasteiger partial charge in [0.2, 0.25) is 5.91 Å². The number of carbonyl (C=O) groups excluding carboxylic acids is 1. The molecule has 0 bridgehead atoms. The highest BCUT2D eigenvalue weighted by atomic mass is 32.2. The first-order chi connectivity index (χ1) is 5.57. The van der Waals surface area contributed by atoms with Crippen LogP contribution in [0.25, 0.3) is 0 Å². The van der Waals surface area contributed by atoms with Gasteiger partial charge in [-0.05, 0) is 13.3 Å². The van der Waals surface area contributed by atoms with Gasteiger partial charge in [0.1, 0.15) is 0 Å². The topological polar surface area (TPSA) is 72.3 Å². The van der Waals surface area contributed by atoms with E-state index < -0.39 is 11.9 Å². The average molecular weight is 191 g/mol. The van der Waals surface area contributed by atoms with E-state index in [9.17, 15) is 4.79 Å². The van der Waals surface area contributed by atoms with Gasteiger partial charge >= 0.3 is 0 Å². The van der Waals surface area contributed by atoms with Crippen molar-refractivity contribution in [3.05, 3.63) is 0 Å². The molecule has 0 saturated carbocycles. The van der Waals surface area contributed by atoms with Crippen molar-refractivity contribution in [3.8, 4) is 0 Å². The number of thioether (sulfide) groups is 1. The number of likely N-dealkylation sites (N-methyl/N-ethyl adjacent to an activating group) is 1. The highest BCUT2D eigenvalue weighted by molar-refractivity contribution is 7.98. The Morgan fingerprint density at radius 1 is 1.67 bits per heavy atom. The third-order valence-corrected chi connectivity index (χ3v) is 2.14. The molecule has 5 heteroatoms. The molecule has 1 atom stereocenters. The van der Waals surface area contributed by atoms with Crippen LogP contribution in [0.1, 0.15) is 0 Å². The molecule has 0 aliphatic heterocycles. The van der Waals surface area contributed by atoms with Gasteiger partial charge in [-0.25, -0.2) is 0 Å². The molecule has 0 aromatic rings. The summed E-state index contributed by atoms with van der Waals surface area (Å²) in [6.07, 6.45) is 2.04. The summed E-state index contributed by atoms with van der Waals surface area (Å²) in [6.45, 7) is 1.47. The highest BCUT2D eigenvalue weighted by Gasteiger charge is 2.11. The van der Waals surface area contributed by atoms with Gasteiger partial charge in [0.05, 0.1) is 6.04 Å². The lowest BCUT2D eigenvalue weighted by atomic mass is 10.3. The van der Waals surface area contributed by atoms with E-state index >= 15 is 0 Å². The summed E-state index contributed by atoms with van der Waals surface area (Å²) < 4.78 is 0. The minimum absolute atomic E-state index is 0.439. The molecule has 0 radical (unpaired) electrons. The molecule has 1 unspecified atom stereocenters. The molecule has 0 saturated heterocycles. The lowest BCUT2D eigenvalue weighted by Gasteiger charge is -2.18. The van der Waals surface area contributed by atoms with Crippen LogP contribution in [-0.2, 0) is 4.79 Å². The third-order valence-electron chi connectivity index (χ3n) is 1.55. The monoisotopic (exact) mass is 191 g/mol. The van der Waals surface area contributed by atoms with Gasteiger partial charge in [-0.1, -0.05) is 0 Å². The molecule has 0 spiro atoms. The van der Waals surface area contributed by atoms with E-state index in [0.717, 1.165) is 12.3 Å². The Kier molecular flexibility index (Phi) is 6.14. The molecule has 4 nitrogen and oxygen atoms in total. The molecule has 4 N–H and O–H groups in total. The Hall–Kier alpha value is -0.260. The van der Waals surface area contributed by atoms with Gasteiger partial charge in [0.25, 0.3) is 0 Å². The summed E-state index contributed by atoms with van der Waals surface area (Å²) in [5.74, 6) is 0.605. The SMILES string of the molecule is CSCCN(C)CC(N)C(N)=O. The second kappa shape index (κ2) is 6.28. The highest BCUT2D eigenvalue weighted by Crippen LogP contribution is 1.93. The second-order valence-corrected chi connectivity index (χ2v) is 3.75. The maximum atomic E-state index is 10.6. The number of amides is 1. The van der Waals surface area contributed by atoms with Crippen molar-refractivity contribution >= 4 is 17.7 Å². The van der Waals surface area contributed by atoms with Crippen molar-refractivity contribution in [1.29, 1.82) is 0 Å². The largest absolute Gasteiger partial charge is 0.368 e. The quantitative estimate of drug-likeness (QED) is 0.570. The lowest BCUT2D eigenvalue weighted by molar-refractivity contribution is -0.119. The fraction of sp³-hybridized carbons (Fsp3) is 0.857. The summed E-state index contributed by atoms with van der Waals surface area (Å²) >= 11 is 1.77. The molecule has 0 aromatic heterocycles. The van der Waals surface area contributed by atoms with E-state index in [2.05, 4.69) is 0 Å². The van der Waals surface area contributed by atoms with Gasteiger partial charge in [0.15, 0.2) is 0 Å². The van der Waals surface area contributed by atoms with Crippen molar-refractivity contribution < 1.29 is 4.79 Å². The number of carbonyl (C=O) groups is 1. The smallest absolute Gasteiger partial charge is 0.235 e. The first kappa shape index (κ1) is 11.7.